The molecular formula is C26H29N5OS. The molecule has 5 rings (SSSR count). The Balaban J connectivity index is 1.36. The minimum absolute atomic E-state index is 0.0143. The topological polar surface area (TPSA) is 62.2 Å². The standard InChI is InChI=1S/C26H29N5OS/c32-23(28-20-8-2-1-3-9-20)14-17-31-25(19-13-16-30(18-19)21-10-4-5-11-21)24(29-26(31)33)22-12-6-7-15-27-22/h1-3,6-9,12-13,15-16,18,21,24-25H,4-5,10-11,14,17H2,(H,28,32)(H,29,33). The molecule has 1 aromatic carbocycles. The number of para-hydroxylation sites is 1. The lowest BCUT2D eigenvalue weighted by Gasteiger charge is -2.27. The average Bonchev–Trinajstić information content (AvgIpc) is 3.59. The molecule has 2 aromatic heterocycles. The number of pyridine rings is 1. The van der Waals surface area contributed by atoms with Gasteiger partial charge in [-0.3, -0.25) is 9.78 Å². The van der Waals surface area contributed by atoms with Crippen molar-refractivity contribution in [1.82, 2.24) is 19.8 Å². The van der Waals surface area contributed by atoms with Gasteiger partial charge in [-0.05, 0) is 61.0 Å². The zero-order valence-corrected chi connectivity index (χ0v) is 19.4. The minimum Gasteiger partial charge on any atom is -0.352 e. The Kier molecular flexibility index (Phi) is 6.39. The number of nitrogens with zero attached hydrogens (tertiary/aromatic N) is 3. The highest BCUT2D eigenvalue weighted by Crippen LogP contribution is 2.40. The number of carbonyl (C=O) groups excluding carboxylic acids is 1. The Labute approximate surface area is 200 Å². The fraction of sp³-hybridized carbons (Fsp3) is 0.346. The molecule has 6 nitrogen and oxygen atoms in total. The largest absolute Gasteiger partial charge is 0.352 e. The van der Waals surface area contributed by atoms with Gasteiger partial charge in [0.05, 0.1) is 17.8 Å². The van der Waals surface area contributed by atoms with E-state index in [0.717, 1.165) is 11.4 Å². The molecule has 2 fully saturated rings. The lowest BCUT2D eigenvalue weighted by atomic mass is 9.99. The van der Waals surface area contributed by atoms with E-state index in [4.69, 9.17) is 12.2 Å². The van der Waals surface area contributed by atoms with Crippen molar-refractivity contribution in [2.24, 2.45) is 0 Å². The molecule has 1 saturated heterocycles. The summed E-state index contributed by atoms with van der Waals surface area (Å²) in [5.41, 5.74) is 2.96. The summed E-state index contributed by atoms with van der Waals surface area (Å²) in [5, 5.41) is 7.11. The smallest absolute Gasteiger partial charge is 0.226 e. The molecule has 0 radical (unpaired) electrons. The molecule has 3 aromatic rings. The maximum atomic E-state index is 12.6. The van der Waals surface area contributed by atoms with Crippen LogP contribution >= 0.6 is 12.2 Å². The highest BCUT2D eigenvalue weighted by Gasteiger charge is 2.40. The molecule has 2 N–H and O–H groups in total. The van der Waals surface area contributed by atoms with Crippen molar-refractivity contribution in [2.45, 2.75) is 50.2 Å². The fourth-order valence-electron chi connectivity index (χ4n) is 5.01. The number of hydrogen-bond donors (Lipinski definition) is 2. The van der Waals surface area contributed by atoms with Gasteiger partial charge in [0.15, 0.2) is 5.11 Å². The van der Waals surface area contributed by atoms with Crippen LogP contribution in [-0.2, 0) is 4.79 Å². The zero-order valence-electron chi connectivity index (χ0n) is 18.6. The third kappa shape index (κ3) is 4.78. The Hall–Kier alpha value is -3.19. The number of hydrogen-bond acceptors (Lipinski definition) is 3. The summed E-state index contributed by atoms with van der Waals surface area (Å²) in [6.45, 7) is 0.535. The molecule has 2 atom stereocenters. The van der Waals surface area contributed by atoms with Crippen LogP contribution in [0.5, 0.6) is 0 Å². The second-order valence-corrected chi connectivity index (χ2v) is 9.20. The van der Waals surface area contributed by atoms with Gasteiger partial charge in [-0.1, -0.05) is 37.1 Å². The van der Waals surface area contributed by atoms with Crippen molar-refractivity contribution in [1.29, 1.82) is 0 Å². The number of carbonyl (C=O) groups is 1. The summed E-state index contributed by atoms with van der Waals surface area (Å²) in [6, 6.07) is 18.2. The molecule has 0 bridgehead atoms. The van der Waals surface area contributed by atoms with Crippen molar-refractivity contribution in [2.75, 3.05) is 11.9 Å². The first-order valence-corrected chi connectivity index (χ1v) is 12.1. The minimum atomic E-state index is -0.0599. The monoisotopic (exact) mass is 459 g/mol. The van der Waals surface area contributed by atoms with E-state index in [0.29, 0.717) is 24.1 Å². The lowest BCUT2D eigenvalue weighted by Crippen LogP contribution is -2.32. The van der Waals surface area contributed by atoms with Crippen LogP contribution in [0, 0.1) is 0 Å². The molecular weight excluding hydrogens is 430 g/mol. The van der Waals surface area contributed by atoms with Gasteiger partial charge in [-0.15, -0.1) is 0 Å². The van der Waals surface area contributed by atoms with Gasteiger partial charge in [0.2, 0.25) is 5.91 Å². The van der Waals surface area contributed by atoms with Crippen LogP contribution in [0.3, 0.4) is 0 Å². The van der Waals surface area contributed by atoms with Crippen LogP contribution < -0.4 is 10.6 Å². The zero-order chi connectivity index (χ0) is 22.6. The Bertz CT molecular complexity index is 1090. The number of rotatable bonds is 7. The molecule has 0 spiro atoms. The van der Waals surface area contributed by atoms with Crippen molar-refractivity contribution in [3.63, 3.8) is 0 Å². The van der Waals surface area contributed by atoms with E-state index in [-0.39, 0.29) is 18.0 Å². The molecule has 3 heterocycles. The van der Waals surface area contributed by atoms with E-state index in [1.54, 1.807) is 0 Å². The molecule has 1 amide bonds. The van der Waals surface area contributed by atoms with E-state index in [9.17, 15) is 4.79 Å². The first kappa shape index (κ1) is 21.6. The lowest BCUT2D eigenvalue weighted by molar-refractivity contribution is -0.116. The third-order valence-corrected chi connectivity index (χ3v) is 7.01. The second kappa shape index (κ2) is 9.75. The highest BCUT2D eigenvalue weighted by molar-refractivity contribution is 7.80. The molecule has 7 heteroatoms. The fourth-order valence-corrected chi connectivity index (χ4v) is 5.34. The van der Waals surface area contributed by atoms with Crippen LogP contribution in [0.15, 0.2) is 73.2 Å². The van der Waals surface area contributed by atoms with Crippen molar-refractivity contribution in [3.8, 4) is 0 Å². The Morgan fingerprint density at radius 3 is 2.64 bits per heavy atom. The molecule has 1 saturated carbocycles. The first-order valence-electron chi connectivity index (χ1n) is 11.7. The summed E-state index contributed by atoms with van der Waals surface area (Å²) in [7, 11) is 0. The van der Waals surface area contributed by atoms with Gasteiger partial charge in [0.1, 0.15) is 0 Å². The van der Waals surface area contributed by atoms with Crippen LogP contribution in [0.25, 0.3) is 0 Å². The second-order valence-electron chi connectivity index (χ2n) is 8.81. The molecule has 170 valence electrons. The Morgan fingerprint density at radius 1 is 1.09 bits per heavy atom. The summed E-state index contributed by atoms with van der Waals surface area (Å²) in [5.74, 6) is -0.0208. The van der Waals surface area contributed by atoms with Crippen LogP contribution in [0.2, 0.25) is 0 Å². The van der Waals surface area contributed by atoms with E-state index in [1.807, 2.05) is 54.7 Å². The number of amides is 1. The molecule has 1 aliphatic carbocycles. The normalized spacial score (nSPS) is 20.7. The average molecular weight is 460 g/mol. The van der Waals surface area contributed by atoms with E-state index in [1.165, 1.54) is 31.2 Å². The van der Waals surface area contributed by atoms with Crippen LogP contribution in [-0.4, -0.2) is 32.0 Å². The predicted octanol–water partition coefficient (Wildman–Crippen LogP) is 5.00. The predicted molar refractivity (Wildman–Crippen MR) is 134 cm³/mol. The van der Waals surface area contributed by atoms with Crippen molar-refractivity contribution < 1.29 is 4.79 Å². The van der Waals surface area contributed by atoms with Gasteiger partial charge in [-0.25, -0.2) is 0 Å². The summed E-state index contributed by atoms with van der Waals surface area (Å²) < 4.78 is 2.36. The Morgan fingerprint density at radius 2 is 1.88 bits per heavy atom. The van der Waals surface area contributed by atoms with Gasteiger partial charge in [0.25, 0.3) is 0 Å². The number of nitrogens with one attached hydrogen (secondary N) is 2. The first-order chi connectivity index (χ1) is 16.2. The number of benzene rings is 1. The van der Waals surface area contributed by atoms with E-state index < -0.39 is 0 Å². The van der Waals surface area contributed by atoms with Crippen molar-refractivity contribution >= 4 is 28.9 Å². The van der Waals surface area contributed by atoms with E-state index >= 15 is 0 Å². The highest BCUT2D eigenvalue weighted by atomic mass is 32.1. The van der Waals surface area contributed by atoms with Gasteiger partial charge < -0.3 is 20.1 Å². The third-order valence-electron chi connectivity index (χ3n) is 6.66. The number of thiocarbonyl (C=S) groups is 1. The SMILES string of the molecule is O=C(CCN1C(=S)NC(c2ccccn2)C1c1ccn(C2CCCC2)c1)Nc1ccccc1. The van der Waals surface area contributed by atoms with Crippen LogP contribution in [0.1, 0.15) is 61.5 Å². The van der Waals surface area contributed by atoms with Crippen molar-refractivity contribution in [3.05, 3.63) is 84.4 Å². The number of anilines is 1. The quantitative estimate of drug-likeness (QED) is 0.487. The molecule has 2 aliphatic rings. The summed E-state index contributed by atoms with van der Waals surface area (Å²) in [6.07, 6.45) is 11.7. The van der Waals surface area contributed by atoms with Crippen LogP contribution in [0.4, 0.5) is 5.69 Å². The molecule has 2 unspecified atom stereocenters. The maximum absolute atomic E-state index is 12.6. The molecule has 33 heavy (non-hydrogen) atoms. The summed E-state index contributed by atoms with van der Waals surface area (Å²) >= 11 is 5.74. The van der Waals surface area contributed by atoms with Gasteiger partial charge >= 0.3 is 0 Å². The van der Waals surface area contributed by atoms with Gasteiger partial charge in [0, 0.05) is 43.3 Å². The number of aromatic nitrogens is 2. The van der Waals surface area contributed by atoms with Gasteiger partial charge in [-0.2, -0.15) is 0 Å². The molecule has 1 aliphatic heterocycles. The maximum Gasteiger partial charge on any atom is 0.226 e. The summed E-state index contributed by atoms with van der Waals surface area (Å²) in [4.78, 5) is 19.4. The van der Waals surface area contributed by atoms with E-state index in [2.05, 4.69) is 43.5 Å².